The van der Waals surface area contributed by atoms with Crippen molar-refractivity contribution in [1.82, 2.24) is 15.1 Å². The maximum atomic E-state index is 12.3. The van der Waals surface area contributed by atoms with E-state index in [1.54, 1.807) is 22.4 Å². The fourth-order valence-electron chi connectivity index (χ4n) is 3.31. The third-order valence-corrected chi connectivity index (χ3v) is 5.61. The minimum absolute atomic E-state index is 0.0145. The number of carbonyl (C=O) groups excluding carboxylic acids is 4. The van der Waals surface area contributed by atoms with Crippen LogP contribution in [0.4, 0.5) is 4.79 Å². The molecular formula is C17H21N3O6S. The van der Waals surface area contributed by atoms with Gasteiger partial charge in [0.15, 0.2) is 6.04 Å². The Hall–Kier alpha value is -2.62. The highest BCUT2D eigenvalue weighted by atomic mass is 32.1. The van der Waals surface area contributed by atoms with Gasteiger partial charge < -0.3 is 19.7 Å². The number of ether oxygens (including phenoxy) is 2. The first-order chi connectivity index (χ1) is 13.0. The molecule has 9 nitrogen and oxygen atoms in total. The van der Waals surface area contributed by atoms with Gasteiger partial charge in [-0.15, -0.1) is 11.3 Å². The molecule has 27 heavy (non-hydrogen) atoms. The molecule has 2 fully saturated rings. The van der Waals surface area contributed by atoms with E-state index in [4.69, 9.17) is 9.47 Å². The highest BCUT2D eigenvalue weighted by Gasteiger charge is 2.44. The summed E-state index contributed by atoms with van der Waals surface area (Å²) in [5, 5.41) is 4.42. The van der Waals surface area contributed by atoms with Gasteiger partial charge in [0, 0.05) is 19.1 Å². The normalized spacial score (nSPS) is 20.3. The van der Waals surface area contributed by atoms with E-state index in [0.717, 1.165) is 0 Å². The minimum Gasteiger partial charge on any atom is -0.467 e. The lowest BCUT2D eigenvalue weighted by Gasteiger charge is -2.37. The number of methoxy groups -OCH3 is 1. The van der Waals surface area contributed by atoms with Crippen molar-refractivity contribution < 1.29 is 28.7 Å². The third-order valence-electron chi connectivity index (χ3n) is 4.74. The predicted molar refractivity (Wildman–Crippen MR) is 95.2 cm³/mol. The van der Waals surface area contributed by atoms with E-state index < -0.39 is 18.1 Å². The maximum absolute atomic E-state index is 12.3. The number of amides is 3. The molecule has 0 aliphatic carbocycles. The van der Waals surface area contributed by atoms with Crippen LogP contribution in [-0.2, 0) is 19.1 Å². The van der Waals surface area contributed by atoms with Gasteiger partial charge in [0.2, 0.25) is 5.91 Å². The molecule has 3 rings (SSSR count). The average molecular weight is 395 g/mol. The summed E-state index contributed by atoms with van der Waals surface area (Å²) in [6, 6.07) is 2.55. The molecule has 1 N–H and O–H groups in total. The Balaban J connectivity index is 1.49. The summed E-state index contributed by atoms with van der Waals surface area (Å²) < 4.78 is 9.72. The molecular weight excluding hydrogens is 374 g/mol. The topological polar surface area (TPSA) is 105 Å². The van der Waals surface area contributed by atoms with Crippen LogP contribution in [0.15, 0.2) is 17.5 Å². The average Bonchev–Trinajstić information content (AvgIpc) is 3.35. The number of rotatable bonds is 5. The second kappa shape index (κ2) is 8.38. The van der Waals surface area contributed by atoms with Crippen molar-refractivity contribution in [3.05, 3.63) is 22.4 Å². The van der Waals surface area contributed by atoms with E-state index in [0.29, 0.717) is 30.8 Å². The fraction of sp³-hybridized carbons (Fsp3) is 0.529. The van der Waals surface area contributed by atoms with Gasteiger partial charge in [-0.3, -0.25) is 14.5 Å². The van der Waals surface area contributed by atoms with Crippen molar-refractivity contribution in [2.45, 2.75) is 24.9 Å². The highest BCUT2D eigenvalue weighted by Crippen LogP contribution is 2.24. The molecule has 1 aromatic rings. The lowest BCUT2D eigenvalue weighted by Crippen LogP contribution is -2.53. The minimum atomic E-state index is -0.736. The van der Waals surface area contributed by atoms with Gasteiger partial charge in [-0.25, -0.2) is 9.59 Å². The van der Waals surface area contributed by atoms with Gasteiger partial charge in [0.1, 0.15) is 6.61 Å². The number of likely N-dealkylation sites (tertiary alicyclic amines) is 1. The number of nitrogens with one attached hydrogen (secondary N) is 1. The number of esters is 1. The molecule has 3 heterocycles. The van der Waals surface area contributed by atoms with E-state index >= 15 is 0 Å². The molecule has 2 aliphatic rings. The van der Waals surface area contributed by atoms with Crippen molar-refractivity contribution in [1.29, 1.82) is 0 Å². The summed E-state index contributed by atoms with van der Waals surface area (Å²) in [6.45, 7) is 0.795. The van der Waals surface area contributed by atoms with E-state index in [-0.39, 0.29) is 31.0 Å². The van der Waals surface area contributed by atoms with E-state index in [1.807, 2.05) is 0 Å². The van der Waals surface area contributed by atoms with Crippen LogP contribution >= 0.6 is 11.3 Å². The predicted octanol–water partition coefficient (Wildman–Crippen LogP) is 0.463. The first-order valence-corrected chi connectivity index (χ1v) is 9.51. The monoisotopic (exact) mass is 395 g/mol. The molecule has 2 saturated heterocycles. The smallest absolute Gasteiger partial charge is 0.410 e. The summed E-state index contributed by atoms with van der Waals surface area (Å²) in [5.74, 6) is -0.948. The number of cyclic esters (lactones) is 1. The summed E-state index contributed by atoms with van der Waals surface area (Å²) in [5.41, 5.74) is 0. The van der Waals surface area contributed by atoms with Crippen molar-refractivity contribution in [2.75, 3.05) is 33.4 Å². The van der Waals surface area contributed by atoms with Crippen LogP contribution in [0.1, 0.15) is 22.5 Å². The van der Waals surface area contributed by atoms with E-state index in [9.17, 15) is 19.2 Å². The Bertz CT molecular complexity index is 714. The van der Waals surface area contributed by atoms with Gasteiger partial charge in [-0.1, -0.05) is 6.07 Å². The standard InChI is InChI=1S/C17H21N3O6S/c1-25-16(23)12-10-26-17(24)20(12)11-4-6-19(7-5-11)14(21)9-18-15(22)13-3-2-8-27-13/h2-3,8,11-12H,4-7,9-10H2,1H3,(H,18,22). The molecule has 146 valence electrons. The van der Waals surface area contributed by atoms with Crippen molar-refractivity contribution in [3.63, 3.8) is 0 Å². The SMILES string of the molecule is COC(=O)C1COC(=O)N1C1CCN(C(=O)CNC(=O)c2cccs2)CC1. The first-order valence-electron chi connectivity index (χ1n) is 8.63. The van der Waals surface area contributed by atoms with Crippen LogP contribution in [0.3, 0.4) is 0 Å². The lowest BCUT2D eigenvalue weighted by molar-refractivity contribution is -0.146. The number of hydrogen-bond donors (Lipinski definition) is 1. The zero-order valence-electron chi connectivity index (χ0n) is 14.9. The second-order valence-electron chi connectivity index (χ2n) is 6.30. The van der Waals surface area contributed by atoms with Crippen LogP contribution < -0.4 is 5.32 Å². The Morgan fingerprint density at radius 1 is 1.33 bits per heavy atom. The van der Waals surface area contributed by atoms with Gasteiger partial charge in [-0.2, -0.15) is 0 Å². The largest absolute Gasteiger partial charge is 0.467 e. The number of carbonyl (C=O) groups is 4. The van der Waals surface area contributed by atoms with Crippen LogP contribution in [0.2, 0.25) is 0 Å². The molecule has 1 unspecified atom stereocenters. The van der Waals surface area contributed by atoms with Gasteiger partial charge in [-0.05, 0) is 24.3 Å². The molecule has 0 aromatic carbocycles. The van der Waals surface area contributed by atoms with Gasteiger partial charge in [0.25, 0.3) is 5.91 Å². The molecule has 0 saturated carbocycles. The zero-order valence-corrected chi connectivity index (χ0v) is 15.7. The van der Waals surface area contributed by atoms with E-state index in [1.165, 1.54) is 23.3 Å². The molecule has 0 bridgehead atoms. The van der Waals surface area contributed by atoms with Gasteiger partial charge in [0.05, 0.1) is 18.5 Å². The highest BCUT2D eigenvalue weighted by molar-refractivity contribution is 7.12. The Labute approximate surface area is 160 Å². The van der Waals surface area contributed by atoms with E-state index in [2.05, 4.69) is 5.32 Å². The Morgan fingerprint density at radius 3 is 2.70 bits per heavy atom. The molecule has 0 spiro atoms. The molecule has 10 heteroatoms. The molecule has 0 radical (unpaired) electrons. The third kappa shape index (κ3) is 4.21. The summed E-state index contributed by atoms with van der Waals surface area (Å²) in [4.78, 5) is 51.7. The molecule has 2 aliphatic heterocycles. The number of thiophene rings is 1. The maximum Gasteiger partial charge on any atom is 0.410 e. The van der Waals surface area contributed by atoms with Crippen molar-refractivity contribution in [2.24, 2.45) is 0 Å². The summed E-state index contributed by atoms with van der Waals surface area (Å²) >= 11 is 1.31. The van der Waals surface area contributed by atoms with Crippen molar-refractivity contribution >= 4 is 35.2 Å². The zero-order chi connectivity index (χ0) is 19.4. The quantitative estimate of drug-likeness (QED) is 0.727. The first kappa shape index (κ1) is 19.2. The van der Waals surface area contributed by atoms with Crippen LogP contribution in [0.5, 0.6) is 0 Å². The fourth-order valence-corrected chi connectivity index (χ4v) is 3.95. The Kier molecular flexibility index (Phi) is 5.94. The molecule has 1 atom stereocenters. The van der Waals surface area contributed by atoms with Crippen molar-refractivity contribution in [3.8, 4) is 0 Å². The molecule has 1 aromatic heterocycles. The van der Waals surface area contributed by atoms with Crippen LogP contribution in [0.25, 0.3) is 0 Å². The number of piperidine rings is 1. The summed E-state index contributed by atoms with van der Waals surface area (Å²) in [6.07, 6.45) is 0.541. The molecule has 3 amide bonds. The van der Waals surface area contributed by atoms with Crippen LogP contribution in [-0.4, -0.2) is 79.1 Å². The lowest BCUT2D eigenvalue weighted by atomic mass is 10.0. The Morgan fingerprint density at radius 2 is 2.07 bits per heavy atom. The second-order valence-corrected chi connectivity index (χ2v) is 7.24. The van der Waals surface area contributed by atoms with Gasteiger partial charge >= 0.3 is 12.1 Å². The van der Waals surface area contributed by atoms with Crippen LogP contribution in [0, 0.1) is 0 Å². The number of nitrogens with zero attached hydrogens (tertiary/aromatic N) is 2. The summed E-state index contributed by atoms with van der Waals surface area (Å²) in [7, 11) is 1.27. The number of hydrogen-bond acceptors (Lipinski definition) is 7.